The molecule has 0 aromatic heterocycles. The van der Waals surface area contributed by atoms with Crippen LogP contribution in [0.4, 0.5) is 10.1 Å². The second kappa shape index (κ2) is 9.32. The van der Waals surface area contributed by atoms with E-state index in [-0.39, 0.29) is 36.2 Å². The summed E-state index contributed by atoms with van der Waals surface area (Å²) in [5.74, 6) is -0.707. The molecule has 0 unspecified atom stereocenters. The molecule has 0 spiro atoms. The fraction of sp³-hybridized carbons (Fsp3) is 0.417. The third-order valence-electron chi connectivity index (χ3n) is 6.79. The van der Waals surface area contributed by atoms with E-state index in [0.717, 1.165) is 21.8 Å². The number of carbonyl (C=O) groups is 2. The van der Waals surface area contributed by atoms with Crippen molar-refractivity contribution in [2.75, 3.05) is 31.1 Å². The van der Waals surface area contributed by atoms with Gasteiger partial charge in [0.2, 0.25) is 15.9 Å². The summed E-state index contributed by atoms with van der Waals surface area (Å²) in [6.07, 6.45) is 1.05. The lowest BCUT2D eigenvalue weighted by atomic mass is 9.99. The maximum Gasteiger partial charge on any atom is 0.292 e. The SMILES string of the molecule is CC[C@H](C)c1ccc(S(=O)(=O)N2CC[NH+]([C@@H]3CC(=O)N(c4ccc(F)cc4)C3=O)CC2)cc1. The molecule has 1 N–H and O–H groups in total. The number of imide groups is 1. The monoisotopic (exact) mass is 474 g/mol. The molecule has 176 valence electrons. The third-order valence-corrected chi connectivity index (χ3v) is 8.70. The highest BCUT2D eigenvalue weighted by Crippen LogP contribution is 2.24. The number of sulfonamides is 1. The fourth-order valence-electron chi connectivity index (χ4n) is 4.53. The number of benzene rings is 2. The van der Waals surface area contributed by atoms with E-state index in [9.17, 15) is 22.4 Å². The van der Waals surface area contributed by atoms with Crippen LogP contribution in [-0.2, 0) is 19.6 Å². The smallest absolute Gasteiger partial charge is 0.292 e. The highest BCUT2D eigenvalue weighted by Gasteiger charge is 2.47. The summed E-state index contributed by atoms with van der Waals surface area (Å²) in [6.45, 7) is 5.63. The van der Waals surface area contributed by atoms with Crippen molar-refractivity contribution in [2.45, 2.75) is 43.5 Å². The third kappa shape index (κ3) is 4.58. The van der Waals surface area contributed by atoms with Crippen molar-refractivity contribution in [3.63, 3.8) is 0 Å². The van der Waals surface area contributed by atoms with Crippen molar-refractivity contribution in [3.8, 4) is 0 Å². The van der Waals surface area contributed by atoms with Crippen molar-refractivity contribution >= 4 is 27.5 Å². The molecule has 2 aromatic rings. The molecule has 2 heterocycles. The zero-order valence-corrected chi connectivity index (χ0v) is 19.6. The molecular formula is C24H29FN3O4S+. The van der Waals surface area contributed by atoms with Crippen LogP contribution < -0.4 is 9.80 Å². The zero-order valence-electron chi connectivity index (χ0n) is 18.8. The highest BCUT2D eigenvalue weighted by atomic mass is 32.2. The first kappa shape index (κ1) is 23.5. The summed E-state index contributed by atoms with van der Waals surface area (Å²) in [6, 6.07) is 11.8. The van der Waals surface area contributed by atoms with Crippen LogP contribution in [0.15, 0.2) is 53.4 Å². The summed E-state index contributed by atoms with van der Waals surface area (Å²) in [4.78, 5) is 27.8. The fourth-order valence-corrected chi connectivity index (χ4v) is 5.97. The first-order valence-electron chi connectivity index (χ1n) is 11.3. The van der Waals surface area contributed by atoms with Crippen molar-refractivity contribution < 1.29 is 27.3 Å². The lowest BCUT2D eigenvalue weighted by Gasteiger charge is -2.33. The van der Waals surface area contributed by atoms with Gasteiger partial charge in [-0.3, -0.25) is 9.59 Å². The van der Waals surface area contributed by atoms with Crippen molar-refractivity contribution in [1.82, 2.24) is 4.31 Å². The van der Waals surface area contributed by atoms with Gasteiger partial charge in [0.05, 0.1) is 43.2 Å². The molecule has 2 atom stereocenters. The van der Waals surface area contributed by atoms with Gasteiger partial charge < -0.3 is 4.90 Å². The Kier molecular flexibility index (Phi) is 6.65. The highest BCUT2D eigenvalue weighted by molar-refractivity contribution is 7.89. The summed E-state index contributed by atoms with van der Waals surface area (Å²) in [5, 5.41) is 0. The number of anilines is 1. The molecule has 2 aliphatic rings. The topological polar surface area (TPSA) is 79.2 Å². The standard InChI is InChI=1S/C24H28FN3O4S/c1-3-17(2)18-4-10-21(11-5-18)33(31,32)27-14-12-26(13-15-27)22-16-23(29)28(24(22)30)20-8-6-19(25)7-9-20/h4-11,17,22H,3,12-16H2,1-2H3/p+1/t17-,22+/m0/s1. The molecule has 2 aliphatic heterocycles. The second-order valence-corrected chi connectivity index (χ2v) is 10.7. The number of quaternary nitrogens is 1. The van der Waals surface area contributed by atoms with Crippen LogP contribution in [-0.4, -0.2) is 56.8 Å². The molecule has 2 saturated heterocycles. The minimum absolute atomic E-state index is 0.0648. The summed E-state index contributed by atoms with van der Waals surface area (Å²) < 4.78 is 40.9. The number of piperazine rings is 1. The van der Waals surface area contributed by atoms with Gasteiger partial charge in [-0.05, 0) is 54.3 Å². The number of rotatable bonds is 6. The lowest BCUT2D eigenvalue weighted by molar-refractivity contribution is -0.918. The number of nitrogens with zero attached hydrogens (tertiary/aromatic N) is 2. The van der Waals surface area contributed by atoms with Crippen LogP contribution in [0.3, 0.4) is 0 Å². The summed E-state index contributed by atoms with van der Waals surface area (Å²) in [7, 11) is -3.62. The van der Waals surface area contributed by atoms with Gasteiger partial charge in [0, 0.05) is 0 Å². The first-order chi connectivity index (χ1) is 15.7. The molecule has 2 aromatic carbocycles. The molecule has 7 nitrogen and oxygen atoms in total. The van der Waals surface area contributed by atoms with E-state index in [1.165, 1.54) is 28.6 Å². The van der Waals surface area contributed by atoms with E-state index in [4.69, 9.17) is 0 Å². The second-order valence-electron chi connectivity index (χ2n) is 8.74. The Bertz CT molecular complexity index is 1130. The van der Waals surface area contributed by atoms with E-state index in [1.807, 2.05) is 12.1 Å². The molecule has 0 radical (unpaired) electrons. The maximum atomic E-state index is 13.2. The molecule has 9 heteroatoms. The minimum Gasteiger partial charge on any atom is -0.322 e. The van der Waals surface area contributed by atoms with Crippen molar-refractivity contribution in [2.24, 2.45) is 0 Å². The number of hydrogen-bond donors (Lipinski definition) is 1. The maximum absolute atomic E-state index is 13.2. The van der Waals surface area contributed by atoms with Gasteiger partial charge in [-0.1, -0.05) is 26.0 Å². The van der Waals surface area contributed by atoms with Gasteiger partial charge in [0.1, 0.15) is 5.82 Å². The molecule has 0 aliphatic carbocycles. The molecule has 4 rings (SSSR count). The average Bonchev–Trinajstić information content (AvgIpc) is 3.13. The zero-order chi connectivity index (χ0) is 23.8. The normalized spacial score (nSPS) is 21.5. The van der Waals surface area contributed by atoms with Crippen LogP contribution in [0.2, 0.25) is 0 Å². The lowest BCUT2D eigenvalue weighted by Crippen LogP contribution is -3.19. The van der Waals surface area contributed by atoms with Crippen LogP contribution in [0.5, 0.6) is 0 Å². The van der Waals surface area contributed by atoms with Gasteiger partial charge in [-0.15, -0.1) is 0 Å². The molecule has 0 saturated carbocycles. The van der Waals surface area contributed by atoms with Crippen LogP contribution in [0.25, 0.3) is 0 Å². The quantitative estimate of drug-likeness (QED) is 0.645. The van der Waals surface area contributed by atoms with Crippen molar-refractivity contribution in [3.05, 3.63) is 59.9 Å². The molecular weight excluding hydrogens is 445 g/mol. The number of amides is 2. The van der Waals surface area contributed by atoms with Crippen molar-refractivity contribution in [1.29, 1.82) is 0 Å². The Morgan fingerprint density at radius 3 is 2.21 bits per heavy atom. The summed E-state index contributed by atoms with van der Waals surface area (Å²) in [5.41, 5.74) is 1.47. The van der Waals surface area contributed by atoms with E-state index in [1.54, 1.807) is 12.1 Å². The van der Waals surface area contributed by atoms with Gasteiger partial charge >= 0.3 is 0 Å². The van der Waals surface area contributed by atoms with Gasteiger partial charge in [-0.25, -0.2) is 17.7 Å². The Hall–Kier alpha value is -2.62. The first-order valence-corrected chi connectivity index (χ1v) is 12.7. The molecule has 33 heavy (non-hydrogen) atoms. The van der Waals surface area contributed by atoms with Crippen LogP contribution in [0, 0.1) is 5.82 Å². The minimum atomic E-state index is -3.62. The number of carbonyl (C=O) groups excluding carboxylic acids is 2. The van der Waals surface area contributed by atoms with E-state index >= 15 is 0 Å². The van der Waals surface area contributed by atoms with E-state index < -0.39 is 21.9 Å². The number of halogens is 1. The molecule has 0 bridgehead atoms. The Labute approximate surface area is 193 Å². The van der Waals surface area contributed by atoms with Gasteiger partial charge in [0.25, 0.3) is 5.91 Å². The van der Waals surface area contributed by atoms with E-state index in [0.29, 0.717) is 24.7 Å². The van der Waals surface area contributed by atoms with Gasteiger partial charge in [-0.2, -0.15) is 4.31 Å². The average molecular weight is 475 g/mol. The van der Waals surface area contributed by atoms with Crippen LogP contribution >= 0.6 is 0 Å². The number of hydrogen-bond acceptors (Lipinski definition) is 4. The van der Waals surface area contributed by atoms with Gasteiger partial charge in [0.15, 0.2) is 6.04 Å². The van der Waals surface area contributed by atoms with Crippen LogP contribution in [0.1, 0.15) is 38.2 Å². The Morgan fingerprint density at radius 1 is 1.03 bits per heavy atom. The molecule has 2 fully saturated rings. The summed E-state index contributed by atoms with van der Waals surface area (Å²) >= 11 is 0. The largest absolute Gasteiger partial charge is 0.322 e. The predicted molar refractivity (Wildman–Crippen MR) is 122 cm³/mol. The Morgan fingerprint density at radius 2 is 1.64 bits per heavy atom. The molecule has 2 amide bonds. The van der Waals surface area contributed by atoms with E-state index in [2.05, 4.69) is 13.8 Å². The number of nitrogens with one attached hydrogen (secondary N) is 1. The predicted octanol–water partition coefficient (Wildman–Crippen LogP) is 1.56. The Balaban J connectivity index is 1.42.